The first kappa shape index (κ1) is 11.1. The zero-order chi connectivity index (χ0) is 10.4. The van der Waals surface area contributed by atoms with Gasteiger partial charge in [0.25, 0.3) is 0 Å². The lowest BCUT2D eigenvalue weighted by Crippen LogP contribution is -2.06. The first-order valence-electron chi connectivity index (χ1n) is 4.34. The minimum atomic E-state index is -0.754. The maximum atomic E-state index is 12.6. The van der Waals surface area contributed by atoms with Gasteiger partial charge in [-0.05, 0) is 12.5 Å². The monoisotopic (exact) mass is 216 g/mol. The average molecular weight is 216 g/mol. The number of hydrogen-bond acceptors (Lipinski definition) is 3. The molecule has 1 heterocycles. The Kier molecular flexibility index (Phi) is 4.52. The van der Waals surface area contributed by atoms with Crippen molar-refractivity contribution in [1.82, 2.24) is 4.98 Å². The molecule has 0 aliphatic carbocycles. The second-order valence-electron chi connectivity index (χ2n) is 2.92. The Labute approximate surface area is 85.2 Å². The third-order valence-electron chi connectivity index (χ3n) is 1.66. The molecule has 0 aliphatic rings. The lowest BCUT2D eigenvalue weighted by atomic mass is 10.4. The molecule has 0 saturated heterocycles. The van der Waals surface area contributed by atoms with Gasteiger partial charge < -0.3 is 5.32 Å². The maximum Gasteiger partial charge on any atom is 0.214 e. The topological polar surface area (TPSA) is 42.0 Å². The molecule has 1 aromatic heterocycles. The minimum Gasteiger partial charge on any atom is -0.385 e. The molecular formula is C9H13FN2OS. The van der Waals surface area contributed by atoms with E-state index in [1.807, 2.05) is 0 Å². The third-order valence-corrected chi connectivity index (χ3v) is 2.53. The van der Waals surface area contributed by atoms with Crippen molar-refractivity contribution in [2.75, 3.05) is 23.9 Å². The molecule has 1 aromatic rings. The van der Waals surface area contributed by atoms with Crippen LogP contribution in [0.3, 0.4) is 0 Å². The van der Waals surface area contributed by atoms with E-state index in [0.717, 1.165) is 6.42 Å². The van der Waals surface area contributed by atoms with Crippen molar-refractivity contribution in [2.24, 2.45) is 0 Å². The van der Waals surface area contributed by atoms with Crippen molar-refractivity contribution in [3.63, 3.8) is 0 Å². The van der Waals surface area contributed by atoms with Crippen molar-refractivity contribution >= 4 is 16.5 Å². The van der Waals surface area contributed by atoms with Crippen molar-refractivity contribution in [3.8, 4) is 0 Å². The summed E-state index contributed by atoms with van der Waals surface area (Å²) in [5.74, 6) is 0.176. The van der Waals surface area contributed by atoms with Gasteiger partial charge in [-0.3, -0.25) is 4.21 Å². The Morgan fingerprint density at radius 1 is 1.64 bits per heavy atom. The largest absolute Gasteiger partial charge is 0.385 e. The fraction of sp³-hybridized carbons (Fsp3) is 0.444. The Morgan fingerprint density at radius 3 is 3.07 bits per heavy atom. The van der Waals surface area contributed by atoms with Gasteiger partial charge in [0, 0.05) is 47.3 Å². The van der Waals surface area contributed by atoms with E-state index in [0.29, 0.717) is 18.0 Å². The molecule has 78 valence electrons. The van der Waals surface area contributed by atoms with Gasteiger partial charge in [-0.2, -0.15) is 4.39 Å². The Balaban J connectivity index is 2.28. The van der Waals surface area contributed by atoms with E-state index in [-0.39, 0.29) is 0 Å². The lowest BCUT2D eigenvalue weighted by molar-refractivity contribution is 0.584. The highest BCUT2D eigenvalue weighted by Crippen LogP contribution is 2.06. The Morgan fingerprint density at radius 2 is 2.43 bits per heavy atom. The predicted molar refractivity (Wildman–Crippen MR) is 56.2 cm³/mol. The fourth-order valence-electron chi connectivity index (χ4n) is 1.02. The molecule has 0 amide bonds. The van der Waals surface area contributed by atoms with Crippen LogP contribution in [0.4, 0.5) is 10.1 Å². The number of pyridine rings is 1. The molecule has 3 nitrogen and oxygen atoms in total. The van der Waals surface area contributed by atoms with Crippen LogP contribution in [0.25, 0.3) is 0 Å². The van der Waals surface area contributed by atoms with E-state index in [9.17, 15) is 8.60 Å². The van der Waals surface area contributed by atoms with Crippen LogP contribution in [0.15, 0.2) is 18.3 Å². The number of nitrogens with one attached hydrogen (secondary N) is 1. The Bertz CT molecular complexity index is 319. The maximum absolute atomic E-state index is 12.6. The predicted octanol–water partition coefficient (Wildman–Crippen LogP) is 1.40. The highest BCUT2D eigenvalue weighted by atomic mass is 32.2. The molecule has 0 aliphatic heterocycles. The van der Waals surface area contributed by atoms with Crippen molar-refractivity contribution < 1.29 is 8.60 Å². The summed E-state index contributed by atoms with van der Waals surface area (Å²) in [4.78, 5) is 3.44. The van der Waals surface area contributed by atoms with Crippen molar-refractivity contribution in [1.29, 1.82) is 0 Å². The van der Waals surface area contributed by atoms with Crippen LogP contribution in [0.2, 0.25) is 0 Å². The van der Waals surface area contributed by atoms with Gasteiger partial charge in [-0.25, -0.2) is 4.98 Å². The fourth-order valence-corrected chi connectivity index (χ4v) is 1.57. The summed E-state index contributed by atoms with van der Waals surface area (Å²) in [6.45, 7) is 0.697. The van der Waals surface area contributed by atoms with E-state index < -0.39 is 16.7 Å². The molecule has 0 radical (unpaired) electrons. The summed E-state index contributed by atoms with van der Waals surface area (Å²) in [6.07, 6.45) is 3.90. The molecular weight excluding hydrogens is 203 g/mol. The normalized spacial score (nSPS) is 12.4. The van der Waals surface area contributed by atoms with Gasteiger partial charge in [0.15, 0.2) is 0 Å². The number of aromatic nitrogens is 1. The van der Waals surface area contributed by atoms with E-state index in [1.54, 1.807) is 12.3 Å². The molecule has 5 heteroatoms. The molecule has 14 heavy (non-hydrogen) atoms. The van der Waals surface area contributed by atoms with Gasteiger partial charge >= 0.3 is 0 Å². The zero-order valence-electron chi connectivity index (χ0n) is 8.00. The van der Waals surface area contributed by atoms with Gasteiger partial charge in [-0.15, -0.1) is 0 Å². The van der Waals surface area contributed by atoms with Gasteiger partial charge in [0.05, 0.1) is 0 Å². The Hall–Kier alpha value is -0.970. The summed E-state index contributed by atoms with van der Waals surface area (Å²) in [7, 11) is -0.754. The number of halogens is 1. The molecule has 0 saturated carbocycles. The van der Waals surface area contributed by atoms with Crippen molar-refractivity contribution in [3.05, 3.63) is 24.3 Å². The number of anilines is 1. The zero-order valence-corrected chi connectivity index (χ0v) is 8.81. The van der Waals surface area contributed by atoms with Crippen LogP contribution in [0.5, 0.6) is 0 Å². The van der Waals surface area contributed by atoms with E-state index in [2.05, 4.69) is 10.3 Å². The van der Waals surface area contributed by atoms with Crippen LogP contribution in [0, 0.1) is 5.95 Å². The number of rotatable bonds is 5. The molecule has 1 rings (SSSR count). The van der Waals surface area contributed by atoms with Gasteiger partial charge in [-0.1, -0.05) is 0 Å². The molecule has 0 spiro atoms. The summed E-state index contributed by atoms with van der Waals surface area (Å²) in [5, 5.41) is 3.03. The second-order valence-corrected chi connectivity index (χ2v) is 4.48. The third kappa shape index (κ3) is 4.32. The van der Waals surface area contributed by atoms with Crippen LogP contribution >= 0.6 is 0 Å². The summed E-state index contributed by atoms with van der Waals surface area (Å²) in [5.41, 5.74) is 0.708. The van der Waals surface area contributed by atoms with E-state index in [4.69, 9.17) is 0 Å². The highest BCUT2D eigenvalue weighted by molar-refractivity contribution is 7.84. The van der Waals surface area contributed by atoms with Crippen LogP contribution in [0.1, 0.15) is 6.42 Å². The van der Waals surface area contributed by atoms with Crippen molar-refractivity contribution in [2.45, 2.75) is 6.42 Å². The van der Waals surface area contributed by atoms with E-state index >= 15 is 0 Å². The summed E-state index contributed by atoms with van der Waals surface area (Å²) < 4.78 is 23.3. The SMILES string of the molecule is CS(=O)CCCNc1ccnc(F)c1. The quantitative estimate of drug-likeness (QED) is 0.597. The highest BCUT2D eigenvalue weighted by Gasteiger charge is 1.95. The molecule has 0 fully saturated rings. The van der Waals surface area contributed by atoms with Crippen LogP contribution in [-0.4, -0.2) is 27.7 Å². The second kappa shape index (κ2) is 5.70. The van der Waals surface area contributed by atoms with Gasteiger partial charge in [0.2, 0.25) is 5.95 Å². The average Bonchev–Trinajstić information content (AvgIpc) is 2.12. The minimum absolute atomic E-state index is 0.492. The molecule has 1 unspecified atom stereocenters. The van der Waals surface area contributed by atoms with E-state index in [1.165, 1.54) is 12.3 Å². The summed E-state index contributed by atoms with van der Waals surface area (Å²) in [6, 6.07) is 3.04. The lowest BCUT2D eigenvalue weighted by Gasteiger charge is -2.04. The van der Waals surface area contributed by atoms with Gasteiger partial charge in [0.1, 0.15) is 0 Å². The first-order chi connectivity index (χ1) is 6.68. The smallest absolute Gasteiger partial charge is 0.214 e. The summed E-state index contributed by atoms with van der Waals surface area (Å²) >= 11 is 0. The van der Waals surface area contributed by atoms with Crippen LogP contribution in [-0.2, 0) is 10.8 Å². The number of hydrogen-bond donors (Lipinski definition) is 1. The van der Waals surface area contributed by atoms with Crippen LogP contribution < -0.4 is 5.32 Å². The first-order valence-corrected chi connectivity index (χ1v) is 6.06. The molecule has 0 aromatic carbocycles. The number of nitrogens with zero attached hydrogens (tertiary/aromatic N) is 1. The molecule has 1 atom stereocenters. The molecule has 1 N–H and O–H groups in total. The standard InChI is InChI=1S/C9H13FN2OS/c1-14(13)6-2-4-11-8-3-5-12-9(10)7-8/h3,5,7H,2,4,6H2,1H3,(H,11,12). The molecule has 0 bridgehead atoms.